The van der Waals surface area contributed by atoms with Gasteiger partial charge in [-0.1, -0.05) is 6.92 Å². The van der Waals surface area contributed by atoms with Crippen LogP contribution in [0.1, 0.15) is 49.4 Å². The van der Waals surface area contributed by atoms with Gasteiger partial charge < -0.3 is 24.4 Å². The molecule has 3 aliphatic rings. The molecule has 1 N–H and O–H groups in total. The van der Waals surface area contributed by atoms with E-state index in [4.69, 9.17) is 9.47 Å². The van der Waals surface area contributed by atoms with Crippen LogP contribution in [-0.2, 0) is 9.47 Å². The SMILES string of the molecule is CC[C@H]1C[C@@H](O)CC2(CCN(c3cc(C(=O)N4CCOCC4)ccn3)CC2)O1. The van der Waals surface area contributed by atoms with Crippen molar-refractivity contribution in [2.75, 3.05) is 44.3 Å². The van der Waals surface area contributed by atoms with E-state index in [2.05, 4.69) is 16.8 Å². The maximum Gasteiger partial charge on any atom is 0.254 e. The number of aromatic nitrogens is 1. The van der Waals surface area contributed by atoms with Gasteiger partial charge in [0, 0.05) is 44.4 Å². The molecule has 0 radical (unpaired) electrons. The Hall–Kier alpha value is -1.70. The van der Waals surface area contributed by atoms with E-state index in [9.17, 15) is 9.90 Å². The number of aliphatic hydroxyl groups excluding tert-OH is 1. The third-order valence-corrected chi connectivity index (χ3v) is 6.30. The van der Waals surface area contributed by atoms with Gasteiger partial charge in [-0.15, -0.1) is 0 Å². The average Bonchev–Trinajstić information content (AvgIpc) is 2.74. The van der Waals surface area contributed by atoms with Gasteiger partial charge in [0.2, 0.25) is 0 Å². The number of carbonyl (C=O) groups is 1. The summed E-state index contributed by atoms with van der Waals surface area (Å²) < 4.78 is 11.7. The first-order chi connectivity index (χ1) is 13.6. The molecule has 3 saturated heterocycles. The lowest BCUT2D eigenvalue weighted by Crippen LogP contribution is -2.53. The number of nitrogens with zero attached hydrogens (tertiary/aromatic N) is 3. The maximum atomic E-state index is 12.8. The van der Waals surface area contributed by atoms with Crippen LogP contribution in [0.4, 0.5) is 5.82 Å². The Morgan fingerprint density at radius 1 is 1.29 bits per heavy atom. The molecule has 3 fully saturated rings. The van der Waals surface area contributed by atoms with Gasteiger partial charge in [-0.05, 0) is 37.8 Å². The largest absolute Gasteiger partial charge is 0.393 e. The molecule has 4 heterocycles. The molecule has 0 aliphatic carbocycles. The quantitative estimate of drug-likeness (QED) is 0.850. The Labute approximate surface area is 166 Å². The van der Waals surface area contributed by atoms with E-state index in [0.717, 1.165) is 51.0 Å². The van der Waals surface area contributed by atoms with Crippen LogP contribution in [-0.4, -0.2) is 78.1 Å². The van der Waals surface area contributed by atoms with Crippen molar-refractivity contribution in [1.29, 1.82) is 0 Å². The zero-order chi connectivity index (χ0) is 19.6. The van der Waals surface area contributed by atoms with Gasteiger partial charge in [0.05, 0.1) is 31.0 Å². The normalized spacial score (nSPS) is 27.8. The number of ether oxygens (including phenoxy) is 2. The van der Waals surface area contributed by atoms with Crippen LogP contribution >= 0.6 is 0 Å². The zero-order valence-electron chi connectivity index (χ0n) is 16.7. The second-order valence-electron chi connectivity index (χ2n) is 8.22. The summed E-state index contributed by atoms with van der Waals surface area (Å²) in [5, 5.41) is 10.3. The molecule has 0 saturated carbocycles. The Kier molecular flexibility index (Phi) is 5.85. The summed E-state index contributed by atoms with van der Waals surface area (Å²) >= 11 is 0. The van der Waals surface area contributed by atoms with Crippen LogP contribution in [0, 0.1) is 0 Å². The summed E-state index contributed by atoms with van der Waals surface area (Å²) in [5.74, 6) is 0.891. The lowest BCUT2D eigenvalue weighted by atomic mass is 9.81. The molecule has 7 heteroatoms. The van der Waals surface area contributed by atoms with Gasteiger partial charge in [-0.3, -0.25) is 4.79 Å². The number of amides is 1. The van der Waals surface area contributed by atoms with E-state index in [1.165, 1.54) is 0 Å². The molecule has 7 nitrogen and oxygen atoms in total. The van der Waals surface area contributed by atoms with E-state index in [1.807, 2.05) is 11.0 Å². The minimum absolute atomic E-state index is 0.0463. The fourth-order valence-corrected chi connectivity index (χ4v) is 4.65. The highest BCUT2D eigenvalue weighted by Gasteiger charge is 2.43. The zero-order valence-corrected chi connectivity index (χ0v) is 16.7. The summed E-state index contributed by atoms with van der Waals surface area (Å²) in [6, 6.07) is 3.69. The Bertz CT molecular complexity index is 684. The van der Waals surface area contributed by atoms with E-state index in [-0.39, 0.29) is 23.7 Å². The molecular formula is C21H31N3O4. The number of pyridine rings is 1. The fourth-order valence-electron chi connectivity index (χ4n) is 4.65. The van der Waals surface area contributed by atoms with Gasteiger partial charge in [0.25, 0.3) is 5.91 Å². The second-order valence-corrected chi connectivity index (χ2v) is 8.22. The molecular weight excluding hydrogens is 358 g/mol. The van der Waals surface area contributed by atoms with Crippen molar-refractivity contribution in [3.05, 3.63) is 23.9 Å². The Balaban J connectivity index is 1.41. The highest BCUT2D eigenvalue weighted by atomic mass is 16.5. The number of carbonyl (C=O) groups excluding carboxylic acids is 1. The van der Waals surface area contributed by atoms with Gasteiger partial charge in [-0.25, -0.2) is 4.98 Å². The van der Waals surface area contributed by atoms with Crippen molar-refractivity contribution < 1.29 is 19.4 Å². The van der Waals surface area contributed by atoms with Crippen molar-refractivity contribution in [2.24, 2.45) is 0 Å². The summed E-state index contributed by atoms with van der Waals surface area (Å²) in [6.45, 7) is 6.25. The van der Waals surface area contributed by atoms with Gasteiger partial charge >= 0.3 is 0 Å². The van der Waals surface area contributed by atoms with E-state index >= 15 is 0 Å². The van der Waals surface area contributed by atoms with Crippen LogP contribution in [0.25, 0.3) is 0 Å². The van der Waals surface area contributed by atoms with Crippen molar-refractivity contribution in [1.82, 2.24) is 9.88 Å². The Morgan fingerprint density at radius 3 is 2.75 bits per heavy atom. The van der Waals surface area contributed by atoms with Gasteiger partial charge in [-0.2, -0.15) is 0 Å². The van der Waals surface area contributed by atoms with Crippen molar-refractivity contribution >= 4 is 11.7 Å². The number of morpholine rings is 1. The number of hydrogen-bond donors (Lipinski definition) is 1. The summed E-state index contributed by atoms with van der Waals surface area (Å²) in [5.41, 5.74) is 0.471. The highest BCUT2D eigenvalue weighted by Crippen LogP contribution is 2.39. The summed E-state index contributed by atoms with van der Waals surface area (Å²) in [6.07, 6.45) is 5.78. The minimum Gasteiger partial charge on any atom is -0.393 e. The van der Waals surface area contributed by atoms with E-state index in [0.29, 0.717) is 31.9 Å². The van der Waals surface area contributed by atoms with Gasteiger partial charge in [0.1, 0.15) is 5.82 Å². The fraction of sp³-hybridized carbons (Fsp3) is 0.714. The molecule has 3 aliphatic heterocycles. The molecule has 0 aromatic carbocycles. The smallest absolute Gasteiger partial charge is 0.254 e. The highest BCUT2D eigenvalue weighted by molar-refractivity contribution is 5.94. The lowest BCUT2D eigenvalue weighted by molar-refractivity contribution is -0.171. The number of rotatable bonds is 3. The lowest BCUT2D eigenvalue weighted by Gasteiger charge is -2.48. The molecule has 28 heavy (non-hydrogen) atoms. The number of aliphatic hydroxyl groups is 1. The average molecular weight is 389 g/mol. The number of hydrogen-bond acceptors (Lipinski definition) is 6. The molecule has 2 atom stereocenters. The molecule has 1 spiro atoms. The second kappa shape index (κ2) is 8.35. The monoisotopic (exact) mass is 389 g/mol. The van der Waals surface area contributed by atoms with Crippen molar-refractivity contribution in [2.45, 2.75) is 56.8 Å². The summed E-state index contributed by atoms with van der Waals surface area (Å²) in [4.78, 5) is 21.3. The van der Waals surface area contributed by atoms with Crippen molar-refractivity contribution in [3.63, 3.8) is 0 Å². The minimum atomic E-state index is -0.266. The molecule has 1 aromatic heterocycles. The predicted octanol–water partition coefficient (Wildman–Crippen LogP) is 1.84. The van der Waals surface area contributed by atoms with Crippen LogP contribution in [0.3, 0.4) is 0 Å². The first-order valence-corrected chi connectivity index (χ1v) is 10.5. The van der Waals surface area contributed by atoms with E-state index < -0.39 is 0 Å². The summed E-state index contributed by atoms with van der Waals surface area (Å²) in [7, 11) is 0. The molecule has 0 bridgehead atoms. The predicted molar refractivity (Wildman–Crippen MR) is 106 cm³/mol. The third-order valence-electron chi connectivity index (χ3n) is 6.30. The standard InChI is InChI=1S/C21H31N3O4/c1-2-18-14-17(25)15-21(28-18)4-7-23(8-5-21)19-13-16(3-6-22-19)20(26)24-9-11-27-12-10-24/h3,6,13,17-18,25H,2,4-5,7-12,14-15H2,1H3/t17-,18+/m1/s1. The molecule has 154 valence electrons. The van der Waals surface area contributed by atoms with Crippen LogP contribution in [0.5, 0.6) is 0 Å². The topological polar surface area (TPSA) is 75.1 Å². The van der Waals surface area contributed by atoms with Crippen molar-refractivity contribution in [3.8, 4) is 0 Å². The van der Waals surface area contributed by atoms with Crippen LogP contribution in [0.15, 0.2) is 18.3 Å². The van der Waals surface area contributed by atoms with Gasteiger partial charge in [0.15, 0.2) is 0 Å². The maximum absolute atomic E-state index is 12.8. The molecule has 0 unspecified atom stereocenters. The van der Waals surface area contributed by atoms with E-state index in [1.54, 1.807) is 12.3 Å². The molecule has 1 amide bonds. The molecule has 1 aromatic rings. The molecule has 4 rings (SSSR count). The van der Waals surface area contributed by atoms with Crippen LogP contribution in [0.2, 0.25) is 0 Å². The number of anilines is 1. The number of piperidine rings is 1. The first kappa shape index (κ1) is 19.6. The third kappa shape index (κ3) is 4.16. The van der Waals surface area contributed by atoms with Crippen LogP contribution < -0.4 is 4.90 Å². The Morgan fingerprint density at radius 2 is 2.04 bits per heavy atom. The first-order valence-electron chi connectivity index (χ1n) is 10.5.